The van der Waals surface area contributed by atoms with Crippen molar-refractivity contribution in [2.24, 2.45) is 5.41 Å². The highest BCUT2D eigenvalue weighted by Crippen LogP contribution is 2.44. The van der Waals surface area contributed by atoms with Gasteiger partial charge < -0.3 is 5.11 Å². The molecule has 1 aromatic rings. The monoisotopic (exact) mass is 208 g/mol. The maximum absolute atomic E-state index is 12.7. The maximum Gasteiger partial charge on any atom is 0.123 e. The fourth-order valence-electron chi connectivity index (χ4n) is 2.22. The number of halogens is 1. The van der Waals surface area contributed by atoms with Gasteiger partial charge in [0.2, 0.25) is 0 Å². The first kappa shape index (κ1) is 10.6. The summed E-state index contributed by atoms with van der Waals surface area (Å²) in [5.41, 5.74) is 1.34. The van der Waals surface area contributed by atoms with Gasteiger partial charge in [-0.25, -0.2) is 4.39 Å². The molecule has 0 aromatic heterocycles. The minimum absolute atomic E-state index is 0.175. The number of rotatable bonds is 4. The van der Waals surface area contributed by atoms with E-state index in [1.807, 2.05) is 12.1 Å². The van der Waals surface area contributed by atoms with Crippen LogP contribution in [0.15, 0.2) is 24.3 Å². The van der Waals surface area contributed by atoms with E-state index in [-0.39, 0.29) is 11.2 Å². The summed E-state index contributed by atoms with van der Waals surface area (Å²) in [6, 6.07) is 6.67. The topological polar surface area (TPSA) is 20.2 Å². The summed E-state index contributed by atoms with van der Waals surface area (Å²) < 4.78 is 12.7. The molecule has 0 radical (unpaired) electrons. The van der Waals surface area contributed by atoms with Crippen molar-refractivity contribution in [1.82, 2.24) is 0 Å². The average molecular weight is 208 g/mol. The highest BCUT2D eigenvalue weighted by atomic mass is 19.1. The third-order valence-corrected chi connectivity index (χ3v) is 3.61. The lowest BCUT2D eigenvalue weighted by molar-refractivity contribution is 0.0365. The van der Waals surface area contributed by atoms with Gasteiger partial charge in [0.25, 0.3) is 0 Å². The molecule has 1 aromatic carbocycles. The average Bonchev–Trinajstić information content (AvgIpc) is 2.20. The molecule has 1 aliphatic rings. The van der Waals surface area contributed by atoms with E-state index in [1.54, 1.807) is 0 Å². The Morgan fingerprint density at radius 3 is 2.33 bits per heavy atom. The zero-order chi connectivity index (χ0) is 10.7. The number of benzene rings is 1. The van der Waals surface area contributed by atoms with Crippen LogP contribution in [0.3, 0.4) is 0 Å². The lowest BCUT2D eigenvalue weighted by atomic mass is 9.66. The van der Waals surface area contributed by atoms with Crippen LogP contribution in [0.1, 0.15) is 31.2 Å². The molecule has 15 heavy (non-hydrogen) atoms. The van der Waals surface area contributed by atoms with Crippen LogP contribution in [0.2, 0.25) is 0 Å². The van der Waals surface area contributed by atoms with E-state index >= 15 is 0 Å². The highest BCUT2D eigenvalue weighted by Gasteiger charge is 2.35. The van der Waals surface area contributed by atoms with Gasteiger partial charge in [0.05, 0.1) is 0 Å². The zero-order valence-corrected chi connectivity index (χ0v) is 8.88. The second-order valence-corrected chi connectivity index (χ2v) is 4.64. The first-order valence-corrected chi connectivity index (χ1v) is 5.59. The SMILES string of the molecule is OCC1(CCc2ccc(F)cc2)CCC1. The molecule has 0 atom stereocenters. The number of hydrogen-bond donors (Lipinski definition) is 1. The zero-order valence-electron chi connectivity index (χ0n) is 8.88. The Bertz CT molecular complexity index is 308. The van der Waals surface area contributed by atoms with Gasteiger partial charge in [-0.05, 0) is 48.8 Å². The van der Waals surface area contributed by atoms with Crippen LogP contribution >= 0.6 is 0 Å². The van der Waals surface area contributed by atoms with Gasteiger partial charge in [0, 0.05) is 6.61 Å². The van der Waals surface area contributed by atoms with E-state index in [0.29, 0.717) is 6.61 Å². The highest BCUT2D eigenvalue weighted by molar-refractivity contribution is 5.16. The van der Waals surface area contributed by atoms with E-state index in [9.17, 15) is 9.50 Å². The number of aliphatic hydroxyl groups excluding tert-OH is 1. The Morgan fingerprint density at radius 2 is 1.87 bits per heavy atom. The van der Waals surface area contributed by atoms with Crippen molar-refractivity contribution in [1.29, 1.82) is 0 Å². The molecule has 82 valence electrons. The molecule has 0 bridgehead atoms. The maximum atomic E-state index is 12.7. The second-order valence-electron chi connectivity index (χ2n) is 4.64. The number of hydrogen-bond acceptors (Lipinski definition) is 1. The molecule has 0 unspecified atom stereocenters. The predicted octanol–water partition coefficient (Wildman–Crippen LogP) is 2.92. The molecule has 2 heteroatoms. The van der Waals surface area contributed by atoms with Gasteiger partial charge in [0.1, 0.15) is 5.82 Å². The molecule has 2 rings (SSSR count). The molecule has 1 aliphatic carbocycles. The summed E-state index contributed by atoms with van der Waals surface area (Å²) in [6.45, 7) is 0.300. The van der Waals surface area contributed by atoms with E-state index in [0.717, 1.165) is 31.2 Å². The summed E-state index contributed by atoms with van der Waals surface area (Å²) in [6.07, 6.45) is 5.50. The molecule has 0 saturated heterocycles. The van der Waals surface area contributed by atoms with Crippen LogP contribution in [0.25, 0.3) is 0 Å². The van der Waals surface area contributed by atoms with Crippen LogP contribution in [-0.2, 0) is 6.42 Å². The smallest absolute Gasteiger partial charge is 0.123 e. The first-order chi connectivity index (χ1) is 7.24. The molecule has 1 nitrogen and oxygen atoms in total. The fourth-order valence-corrected chi connectivity index (χ4v) is 2.22. The van der Waals surface area contributed by atoms with Gasteiger partial charge >= 0.3 is 0 Å². The first-order valence-electron chi connectivity index (χ1n) is 5.59. The Balaban J connectivity index is 1.90. The largest absolute Gasteiger partial charge is 0.396 e. The summed E-state index contributed by atoms with van der Waals surface area (Å²) in [4.78, 5) is 0. The lowest BCUT2D eigenvalue weighted by Gasteiger charge is -2.40. The summed E-state index contributed by atoms with van der Waals surface area (Å²) >= 11 is 0. The summed E-state index contributed by atoms with van der Waals surface area (Å²) in [7, 11) is 0. The van der Waals surface area contributed by atoms with Gasteiger partial charge in [0.15, 0.2) is 0 Å². The Kier molecular flexibility index (Phi) is 3.06. The Labute approximate surface area is 89.9 Å². The third-order valence-electron chi connectivity index (χ3n) is 3.61. The fraction of sp³-hybridized carbons (Fsp3) is 0.538. The summed E-state index contributed by atoms with van der Waals surface area (Å²) in [5.74, 6) is -0.181. The van der Waals surface area contributed by atoms with E-state index in [2.05, 4.69) is 0 Å². The molecule has 0 spiro atoms. The molecular weight excluding hydrogens is 191 g/mol. The van der Waals surface area contributed by atoms with E-state index < -0.39 is 0 Å². The van der Waals surface area contributed by atoms with Crippen molar-refractivity contribution in [3.63, 3.8) is 0 Å². The molecule has 0 heterocycles. The van der Waals surface area contributed by atoms with Crippen molar-refractivity contribution in [3.8, 4) is 0 Å². The van der Waals surface area contributed by atoms with Gasteiger partial charge in [-0.1, -0.05) is 18.6 Å². The van der Waals surface area contributed by atoms with Crippen molar-refractivity contribution < 1.29 is 9.50 Å². The van der Waals surface area contributed by atoms with Crippen molar-refractivity contribution in [2.75, 3.05) is 6.61 Å². The van der Waals surface area contributed by atoms with Crippen molar-refractivity contribution in [3.05, 3.63) is 35.6 Å². The molecular formula is C13H17FO. The van der Waals surface area contributed by atoms with Gasteiger partial charge in [-0.3, -0.25) is 0 Å². The standard InChI is InChI=1S/C13H17FO/c14-12-4-2-11(3-5-12)6-9-13(10-15)7-1-8-13/h2-5,15H,1,6-10H2. The van der Waals surface area contributed by atoms with Gasteiger partial charge in [-0.2, -0.15) is 0 Å². The molecule has 1 fully saturated rings. The number of aliphatic hydroxyl groups is 1. The third kappa shape index (κ3) is 2.37. The van der Waals surface area contributed by atoms with Crippen LogP contribution < -0.4 is 0 Å². The van der Waals surface area contributed by atoms with E-state index in [4.69, 9.17) is 0 Å². The summed E-state index contributed by atoms with van der Waals surface area (Å²) in [5, 5.41) is 9.30. The Hall–Kier alpha value is -0.890. The quantitative estimate of drug-likeness (QED) is 0.806. The molecule has 1 saturated carbocycles. The molecule has 0 aliphatic heterocycles. The van der Waals surface area contributed by atoms with Crippen LogP contribution in [0, 0.1) is 11.2 Å². The number of aryl methyl sites for hydroxylation is 1. The predicted molar refractivity (Wildman–Crippen MR) is 58.1 cm³/mol. The van der Waals surface area contributed by atoms with Crippen LogP contribution in [0.4, 0.5) is 4.39 Å². The molecule has 1 N–H and O–H groups in total. The van der Waals surface area contributed by atoms with Crippen LogP contribution in [-0.4, -0.2) is 11.7 Å². The second kappa shape index (κ2) is 4.31. The van der Waals surface area contributed by atoms with Crippen molar-refractivity contribution in [2.45, 2.75) is 32.1 Å². The lowest BCUT2D eigenvalue weighted by Crippen LogP contribution is -2.33. The van der Waals surface area contributed by atoms with Crippen molar-refractivity contribution >= 4 is 0 Å². The minimum Gasteiger partial charge on any atom is -0.396 e. The van der Waals surface area contributed by atoms with Crippen LogP contribution in [0.5, 0.6) is 0 Å². The normalized spacial score (nSPS) is 18.5. The van der Waals surface area contributed by atoms with E-state index in [1.165, 1.54) is 18.6 Å². The van der Waals surface area contributed by atoms with Gasteiger partial charge in [-0.15, -0.1) is 0 Å². The Morgan fingerprint density at radius 1 is 1.20 bits per heavy atom. The minimum atomic E-state index is -0.181. The molecule has 0 amide bonds.